The van der Waals surface area contributed by atoms with Crippen LogP contribution in [0.4, 0.5) is 21.9 Å². The zero-order chi connectivity index (χ0) is 18.5. The van der Waals surface area contributed by atoms with Gasteiger partial charge in [-0.05, 0) is 43.2 Å². The Morgan fingerprint density at radius 1 is 0.926 bits per heavy atom. The molecule has 1 N–H and O–H groups in total. The van der Waals surface area contributed by atoms with E-state index in [0.717, 1.165) is 43.2 Å². The second-order valence-electron chi connectivity index (χ2n) is 6.82. The third kappa shape index (κ3) is 4.34. The van der Waals surface area contributed by atoms with Gasteiger partial charge in [-0.25, -0.2) is 4.79 Å². The number of ether oxygens (including phenoxy) is 2. The van der Waals surface area contributed by atoms with E-state index in [0.29, 0.717) is 19.0 Å². The molecule has 2 fully saturated rings. The maximum atomic E-state index is 12.5. The molecular formula is C21H25N3O3. The highest BCUT2D eigenvalue weighted by Gasteiger charge is 2.20. The molecule has 0 spiro atoms. The van der Waals surface area contributed by atoms with Gasteiger partial charge in [0.05, 0.1) is 24.6 Å². The molecule has 2 aliphatic rings. The third-order valence-corrected chi connectivity index (χ3v) is 4.99. The average molecular weight is 367 g/mol. The van der Waals surface area contributed by atoms with Gasteiger partial charge in [-0.3, -0.25) is 5.32 Å². The Morgan fingerprint density at radius 3 is 2.41 bits per heavy atom. The van der Waals surface area contributed by atoms with Gasteiger partial charge < -0.3 is 19.3 Å². The van der Waals surface area contributed by atoms with E-state index >= 15 is 0 Å². The van der Waals surface area contributed by atoms with E-state index in [9.17, 15) is 4.79 Å². The molecular weight excluding hydrogens is 342 g/mol. The fourth-order valence-electron chi connectivity index (χ4n) is 3.61. The second-order valence-corrected chi connectivity index (χ2v) is 6.82. The minimum atomic E-state index is -0.478. The lowest BCUT2D eigenvalue weighted by Gasteiger charge is -2.31. The monoisotopic (exact) mass is 367 g/mol. The van der Waals surface area contributed by atoms with E-state index in [1.807, 2.05) is 18.2 Å². The largest absolute Gasteiger partial charge is 0.417 e. The first-order chi connectivity index (χ1) is 13.3. The highest BCUT2D eigenvalue weighted by Crippen LogP contribution is 2.33. The predicted molar refractivity (Wildman–Crippen MR) is 107 cm³/mol. The van der Waals surface area contributed by atoms with Gasteiger partial charge in [0.2, 0.25) is 0 Å². The summed E-state index contributed by atoms with van der Waals surface area (Å²) < 4.78 is 10.9. The minimum Gasteiger partial charge on any atom is -0.410 e. The van der Waals surface area contributed by atoms with Crippen molar-refractivity contribution in [2.45, 2.75) is 12.8 Å². The molecule has 2 aromatic carbocycles. The molecule has 2 aromatic rings. The smallest absolute Gasteiger partial charge is 0.410 e. The summed E-state index contributed by atoms with van der Waals surface area (Å²) >= 11 is 0. The number of nitrogens with zero attached hydrogens (tertiary/aromatic N) is 2. The summed E-state index contributed by atoms with van der Waals surface area (Å²) in [6.45, 7) is 5.14. The van der Waals surface area contributed by atoms with Crippen molar-refractivity contribution >= 4 is 23.2 Å². The molecule has 6 heteroatoms. The van der Waals surface area contributed by atoms with Crippen LogP contribution >= 0.6 is 0 Å². The summed E-state index contributed by atoms with van der Waals surface area (Å²) in [5.74, 6) is 0.527. The number of amides is 1. The summed E-state index contributed by atoms with van der Waals surface area (Å²) in [4.78, 5) is 17.1. The SMILES string of the molecule is O=C(Nc1cc(N2CCCC2)ccc1N1CCOCC1)Oc1ccccc1. The molecule has 4 rings (SSSR count). The number of nitrogens with one attached hydrogen (secondary N) is 1. The van der Waals surface area contributed by atoms with Crippen molar-refractivity contribution in [3.63, 3.8) is 0 Å². The van der Waals surface area contributed by atoms with Crippen LogP contribution in [-0.4, -0.2) is 45.5 Å². The van der Waals surface area contributed by atoms with Gasteiger partial charge >= 0.3 is 6.09 Å². The van der Waals surface area contributed by atoms with Gasteiger partial charge in [-0.15, -0.1) is 0 Å². The lowest BCUT2D eigenvalue weighted by Crippen LogP contribution is -2.37. The van der Waals surface area contributed by atoms with Gasteiger partial charge in [0.1, 0.15) is 5.75 Å². The van der Waals surface area contributed by atoms with Crippen molar-refractivity contribution < 1.29 is 14.3 Å². The Morgan fingerprint density at radius 2 is 1.67 bits per heavy atom. The van der Waals surface area contributed by atoms with E-state index in [1.165, 1.54) is 12.8 Å². The molecule has 6 nitrogen and oxygen atoms in total. The van der Waals surface area contributed by atoms with Gasteiger partial charge in [-0.1, -0.05) is 18.2 Å². The molecule has 142 valence electrons. The molecule has 0 saturated carbocycles. The maximum Gasteiger partial charge on any atom is 0.417 e. The zero-order valence-electron chi connectivity index (χ0n) is 15.4. The van der Waals surface area contributed by atoms with Crippen LogP contribution in [-0.2, 0) is 4.74 Å². The molecule has 2 heterocycles. The lowest BCUT2D eigenvalue weighted by atomic mass is 10.2. The molecule has 2 aliphatic heterocycles. The summed E-state index contributed by atoms with van der Waals surface area (Å²) in [6.07, 6.45) is 1.95. The summed E-state index contributed by atoms with van der Waals surface area (Å²) in [5.41, 5.74) is 2.92. The average Bonchev–Trinajstić information content (AvgIpc) is 3.24. The van der Waals surface area contributed by atoms with Crippen LogP contribution in [0.3, 0.4) is 0 Å². The molecule has 0 bridgehead atoms. The molecule has 2 saturated heterocycles. The highest BCUT2D eigenvalue weighted by molar-refractivity contribution is 5.92. The quantitative estimate of drug-likeness (QED) is 0.892. The van der Waals surface area contributed by atoms with E-state index in [2.05, 4.69) is 33.3 Å². The number of para-hydroxylation sites is 1. The summed E-state index contributed by atoms with van der Waals surface area (Å²) in [6, 6.07) is 15.4. The number of rotatable bonds is 4. The first-order valence-electron chi connectivity index (χ1n) is 9.55. The van der Waals surface area contributed by atoms with E-state index in [1.54, 1.807) is 12.1 Å². The van der Waals surface area contributed by atoms with Crippen LogP contribution in [0.2, 0.25) is 0 Å². The number of hydrogen-bond acceptors (Lipinski definition) is 5. The van der Waals surface area contributed by atoms with Crippen molar-refractivity contribution in [3.05, 3.63) is 48.5 Å². The van der Waals surface area contributed by atoms with Crippen LogP contribution in [0.25, 0.3) is 0 Å². The fourth-order valence-corrected chi connectivity index (χ4v) is 3.61. The molecule has 0 radical (unpaired) electrons. The normalized spacial score (nSPS) is 17.0. The van der Waals surface area contributed by atoms with Crippen molar-refractivity contribution in [2.24, 2.45) is 0 Å². The number of carbonyl (C=O) groups excluding carboxylic acids is 1. The number of anilines is 3. The van der Waals surface area contributed by atoms with Gasteiger partial charge in [0.15, 0.2) is 0 Å². The van der Waals surface area contributed by atoms with Crippen LogP contribution in [0.15, 0.2) is 48.5 Å². The molecule has 0 aliphatic carbocycles. The number of carbonyl (C=O) groups is 1. The first-order valence-corrected chi connectivity index (χ1v) is 9.55. The highest BCUT2D eigenvalue weighted by atomic mass is 16.6. The molecule has 27 heavy (non-hydrogen) atoms. The Hall–Kier alpha value is -2.73. The summed E-state index contributed by atoms with van der Waals surface area (Å²) in [7, 11) is 0. The topological polar surface area (TPSA) is 54.0 Å². The minimum absolute atomic E-state index is 0.478. The van der Waals surface area contributed by atoms with Gasteiger partial charge in [-0.2, -0.15) is 0 Å². The number of hydrogen-bond donors (Lipinski definition) is 1. The van der Waals surface area contributed by atoms with Crippen molar-refractivity contribution in [1.29, 1.82) is 0 Å². The van der Waals surface area contributed by atoms with Crippen molar-refractivity contribution in [2.75, 3.05) is 54.5 Å². The Kier molecular flexibility index (Phi) is 5.44. The Bertz CT molecular complexity index is 769. The standard InChI is InChI=1S/C21H25N3O3/c25-21(27-18-6-2-1-3-7-18)22-19-16-17(23-10-4-5-11-23)8-9-20(19)24-12-14-26-15-13-24/h1-3,6-9,16H,4-5,10-15H2,(H,22,25). The molecule has 0 atom stereocenters. The van der Waals surface area contributed by atoms with Gasteiger partial charge in [0.25, 0.3) is 0 Å². The van der Waals surface area contributed by atoms with Crippen molar-refractivity contribution in [3.8, 4) is 5.75 Å². The first kappa shape index (κ1) is 17.7. The molecule has 0 unspecified atom stereocenters. The summed E-state index contributed by atoms with van der Waals surface area (Å²) in [5, 5.41) is 2.95. The van der Waals surface area contributed by atoms with Crippen molar-refractivity contribution in [1.82, 2.24) is 0 Å². The van der Waals surface area contributed by atoms with Crippen LogP contribution < -0.4 is 19.9 Å². The van der Waals surface area contributed by atoms with E-state index < -0.39 is 6.09 Å². The van der Waals surface area contributed by atoms with Crippen LogP contribution in [0.5, 0.6) is 5.75 Å². The number of morpholine rings is 1. The van der Waals surface area contributed by atoms with Crippen LogP contribution in [0.1, 0.15) is 12.8 Å². The molecule has 1 amide bonds. The predicted octanol–water partition coefficient (Wildman–Crippen LogP) is 3.73. The number of benzene rings is 2. The Labute approximate surface area is 159 Å². The fraction of sp³-hybridized carbons (Fsp3) is 0.381. The maximum absolute atomic E-state index is 12.5. The van der Waals surface area contributed by atoms with Crippen LogP contribution in [0, 0.1) is 0 Å². The third-order valence-electron chi connectivity index (χ3n) is 4.99. The van der Waals surface area contributed by atoms with E-state index in [4.69, 9.17) is 9.47 Å². The second kappa shape index (κ2) is 8.31. The lowest BCUT2D eigenvalue weighted by molar-refractivity contribution is 0.123. The van der Waals surface area contributed by atoms with Gasteiger partial charge in [0, 0.05) is 31.9 Å². The Balaban J connectivity index is 1.56. The molecule has 0 aromatic heterocycles. The zero-order valence-corrected chi connectivity index (χ0v) is 15.4. The van der Waals surface area contributed by atoms with E-state index in [-0.39, 0.29) is 0 Å².